The average molecular weight is 287 g/mol. The van der Waals surface area contributed by atoms with E-state index >= 15 is 0 Å². The van der Waals surface area contributed by atoms with Gasteiger partial charge in [0.05, 0.1) is 5.69 Å². The number of hydrogen-bond donors (Lipinski definition) is 3. The molecule has 1 aromatic heterocycles. The van der Waals surface area contributed by atoms with Gasteiger partial charge < -0.3 is 10.4 Å². The third kappa shape index (κ3) is 3.47. The number of carbonyl (C=O) groups is 2. The number of hydrogen-bond acceptors (Lipinski definition) is 3. The maximum absolute atomic E-state index is 12.1. The number of nitrogens with zero attached hydrogens (tertiary/aromatic N) is 1. The Hall–Kier alpha value is -2.63. The Balaban J connectivity index is 2.14. The Bertz CT molecular complexity index is 635. The molecule has 0 fully saturated rings. The van der Waals surface area contributed by atoms with Crippen LogP contribution in [0.2, 0.25) is 0 Å². The molecule has 0 aliphatic carbocycles. The van der Waals surface area contributed by atoms with Crippen LogP contribution in [0.1, 0.15) is 24.3 Å². The molecule has 1 amide bonds. The van der Waals surface area contributed by atoms with Crippen LogP contribution in [-0.2, 0) is 4.79 Å². The number of H-pyrrole nitrogens is 1. The third-order valence-electron chi connectivity index (χ3n) is 3.11. The molecule has 1 atom stereocenters. The Labute approximate surface area is 122 Å². The third-order valence-corrected chi connectivity index (χ3v) is 3.11. The van der Waals surface area contributed by atoms with Crippen LogP contribution in [-0.4, -0.2) is 33.2 Å². The summed E-state index contributed by atoms with van der Waals surface area (Å²) in [6, 6.07) is 10.1. The highest BCUT2D eigenvalue weighted by atomic mass is 16.4. The van der Waals surface area contributed by atoms with Crippen LogP contribution in [0.4, 0.5) is 0 Å². The largest absolute Gasteiger partial charge is 0.480 e. The summed E-state index contributed by atoms with van der Waals surface area (Å²) in [6.07, 6.45) is 0. The first-order valence-electron chi connectivity index (χ1n) is 6.63. The molecule has 0 saturated heterocycles. The number of aromatic nitrogens is 2. The number of carboxylic acids is 1. The Morgan fingerprint density at radius 3 is 2.48 bits per heavy atom. The minimum Gasteiger partial charge on any atom is -0.480 e. The smallest absolute Gasteiger partial charge is 0.326 e. The zero-order valence-electron chi connectivity index (χ0n) is 11.8. The Morgan fingerprint density at radius 2 is 1.90 bits per heavy atom. The lowest BCUT2D eigenvalue weighted by Gasteiger charge is -2.17. The molecule has 21 heavy (non-hydrogen) atoms. The van der Waals surface area contributed by atoms with Gasteiger partial charge in [0.15, 0.2) is 0 Å². The number of carboxylic acid groups (broad SMARTS) is 1. The molecule has 0 aliphatic heterocycles. The SMILES string of the molecule is CC(C)[C@@H](NC(=O)c1cc(-c2ccccc2)n[nH]1)C(=O)O. The van der Waals surface area contributed by atoms with Gasteiger partial charge in [-0.1, -0.05) is 44.2 Å². The second-order valence-corrected chi connectivity index (χ2v) is 5.07. The van der Waals surface area contributed by atoms with Crippen molar-refractivity contribution in [2.24, 2.45) is 5.92 Å². The van der Waals surface area contributed by atoms with E-state index in [1.807, 2.05) is 30.3 Å². The summed E-state index contributed by atoms with van der Waals surface area (Å²) < 4.78 is 0. The van der Waals surface area contributed by atoms with Gasteiger partial charge in [-0.15, -0.1) is 0 Å². The lowest BCUT2D eigenvalue weighted by Crippen LogP contribution is -2.44. The first kappa shape index (κ1) is 14.8. The fourth-order valence-corrected chi connectivity index (χ4v) is 1.93. The zero-order valence-corrected chi connectivity index (χ0v) is 11.8. The maximum atomic E-state index is 12.1. The van der Waals surface area contributed by atoms with Crippen molar-refractivity contribution in [2.45, 2.75) is 19.9 Å². The number of rotatable bonds is 5. The molecular weight excluding hydrogens is 270 g/mol. The molecule has 6 nitrogen and oxygen atoms in total. The van der Waals surface area contributed by atoms with Crippen LogP contribution in [0.25, 0.3) is 11.3 Å². The van der Waals surface area contributed by atoms with Crippen LogP contribution >= 0.6 is 0 Å². The van der Waals surface area contributed by atoms with E-state index in [1.54, 1.807) is 19.9 Å². The molecule has 1 aromatic carbocycles. The van der Waals surface area contributed by atoms with Crippen molar-refractivity contribution in [3.05, 3.63) is 42.1 Å². The molecule has 1 heterocycles. The van der Waals surface area contributed by atoms with E-state index in [0.29, 0.717) is 5.69 Å². The van der Waals surface area contributed by atoms with Crippen LogP contribution in [0.5, 0.6) is 0 Å². The second-order valence-electron chi connectivity index (χ2n) is 5.07. The number of aromatic amines is 1. The number of benzene rings is 1. The molecule has 0 spiro atoms. The molecule has 6 heteroatoms. The molecule has 0 unspecified atom stereocenters. The molecule has 0 saturated carbocycles. The summed E-state index contributed by atoms with van der Waals surface area (Å²) in [5.41, 5.74) is 1.75. The number of aliphatic carboxylic acids is 1. The number of carbonyl (C=O) groups excluding carboxylic acids is 1. The molecule has 0 bridgehead atoms. The van der Waals surface area contributed by atoms with Crippen LogP contribution < -0.4 is 5.32 Å². The minimum absolute atomic E-state index is 0.206. The van der Waals surface area contributed by atoms with Crippen molar-refractivity contribution in [3.63, 3.8) is 0 Å². The van der Waals surface area contributed by atoms with Gasteiger partial charge in [-0.3, -0.25) is 9.89 Å². The highest BCUT2D eigenvalue weighted by Crippen LogP contribution is 2.17. The van der Waals surface area contributed by atoms with Crippen molar-refractivity contribution < 1.29 is 14.7 Å². The van der Waals surface area contributed by atoms with Crippen molar-refractivity contribution in [1.29, 1.82) is 0 Å². The quantitative estimate of drug-likeness (QED) is 0.783. The van der Waals surface area contributed by atoms with Crippen molar-refractivity contribution in [3.8, 4) is 11.3 Å². The van der Waals surface area contributed by atoms with Crippen LogP contribution in [0, 0.1) is 5.92 Å². The van der Waals surface area contributed by atoms with E-state index in [4.69, 9.17) is 5.11 Å². The fraction of sp³-hybridized carbons (Fsp3) is 0.267. The zero-order chi connectivity index (χ0) is 15.4. The van der Waals surface area contributed by atoms with Gasteiger partial charge in [-0.05, 0) is 12.0 Å². The molecule has 0 radical (unpaired) electrons. The number of nitrogens with one attached hydrogen (secondary N) is 2. The Kier molecular flexibility index (Phi) is 4.37. The van der Waals surface area contributed by atoms with E-state index in [0.717, 1.165) is 5.56 Å². The first-order chi connectivity index (χ1) is 9.99. The maximum Gasteiger partial charge on any atom is 0.326 e. The highest BCUT2D eigenvalue weighted by Gasteiger charge is 2.24. The summed E-state index contributed by atoms with van der Waals surface area (Å²) in [7, 11) is 0. The standard InChI is InChI=1S/C15H17N3O3/c1-9(2)13(15(20)21)16-14(19)12-8-11(17-18-12)10-6-4-3-5-7-10/h3-9,13H,1-2H3,(H,16,19)(H,17,18)(H,20,21)/t13-/m1/s1. The molecule has 3 N–H and O–H groups in total. The van der Waals surface area contributed by atoms with Crippen molar-refractivity contribution in [1.82, 2.24) is 15.5 Å². The van der Waals surface area contributed by atoms with Gasteiger partial charge in [0.1, 0.15) is 11.7 Å². The molecule has 110 valence electrons. The number of amides is 1. The predicted molar refractivity (Wildman–Crippen MR) is 77.8 cm³/mol. The van der Waals surface area contributed by atoms with Crippen LogP contribution in [0.15, 0.2) is 36.4 Å². The fourth-order valence-electron chi connectivity index (χ4n) is 1.93. The molecule has 2 aromatic rings. The lowest BCUT2D eigenvalue weighted by atomic mass is 10.0. The van der Waals surface area contributed by atoms with Gasteiger partial charge in [-0.25, -0.2) is 4.79 Å². The van der Waals surface area contributed by atoms with E-state index in [-0.39, 0.29) is 11.6 Å². The summed E-state index contributed by atoms with van der Waals surface area (Å²) in [5, 5.41) is 18.3. The monoisotopic (exact) mass is 287 g/mol. The first-order valence-corrected chi connectivity index (χ1v) is 6.63. The summed E-state index contributed by atoms with van der Waals surface area (Å²) in [5.74, 6) is -1.74. The Morgan fingerprint density at radius 1 is 1.24 bits per heavy atom. The summed E-state index contributed by atoms with van der Waals surface area (Å²) >= 11 is 0. The second kappa shape index (κ2) is 6.21. The average Bonchev–Trinajstić information content (AvgIpc) is 2.94. The van der Waals surface area contributed by atoms with Crippen molar-refractivity contribution in [2.75, 3.05) is 0 Å². The van der Waals surface area contributed by atoms with E-state index in [9.17, 15) is 9.59 Å². The van der Waals surface area contributed by atoms with Gasteiger partial charge in [-0.2, -0.15) is 5.10 Å². The summed E-state index contributed by atoms with van der Waals surface area (Å²) in [4.78, 5) is 23.2. The van der Waals surface area contributed by atoms with E-state index < -0.39 is 17.9 Å². The lowest BCUT2D eigenvalue weighted by molar-refractivity contribution is -0.140. The van der Waals surface area contributed by atoms with Gasteiger partial charge in [0, 0.05) is 5.56 Å². The van der Waals surface area contributed by atoms with Crippen LogP contribution in [0.3, 0.4) is 0 Å². The predicted octanol–water partition coefficient (Wildman–Crippen LogP) is 1.92. The molecule has 2 rings (SSSR count). The molecular formula is C15H17N3O3. The minimum atomic E-state index is -1.05. The molecule has 0 aliphatic rings. The van der Waals surface area contributed by atoms with E-state index in [2.05, 4.69) is 15.5 Å². The van der Waals surface area contributed by atoms with Gasteiger partial charge in [0.2, 0.25) is 0 Å². The topological polar surface area (TPSA) is 95.1 Å². The van der Waals surface area contributed by atoms with Gasteiger partial charge >= 0.3 is 5.97 Å². The van der Waals surface area contributed by atoms with E-state index in [1.165, 1.54) is 0 Å². The highest BCUT2D eigenvalue weighted by molar-refractivity contribution is 5.95. The normalized spacial score (nSPS) is 12.1. The van der Waals surface area contributed by atoms with Gasteiger partial charge in [0.25, 0.3) is 5.91 Å². The summed E-state index contributed by atoms with van der Waals surface area (Å²) in [6.45, 7) is 3.48. The van der Waals surface area contributed by atoms with Crippen molar-refractivity contribution >= 4 is 11.9 Å².